The molecular weight excluding hydrogens is 380 g/mol. The quantitative estimate of drug-likeness (QED) is 0.231. The van der Waals surface area contributed by atoms with Gasteiger partial charge in [-0.1, -0.05) is 58.6 Å². The predicted molar refractivity (Wildman–Crippen MR) is 120 cm³/mol. The first-order valence-electron chi connectivity index (χ1n) is 12.0. The first kappa shape index (κ1) is 26.8. The lowest BCUT2D eigenvalue weighted by atomic mass is 9.64. The molecule has 0 amide bonds. The largest absolute Gasteiger partial charge is 0.481 e. The van der Waals surface area contributed by atoms with Crippen LogP contribution in [0.4, 0.5) is 0 Å². The van der Waals surface area contributed by atoms with Crippen molar-refractivity contribution in [1.29, 1.82) is 0 Å². The summed E-state index contributed by atoms with van der Waals surface area (Å²) < 4.78 is 0. The summed E-state index contributed by atoms with van der Waals surface area (Å²) in [6, 6.07) is 0. The van der Waals surface area contributed by atoms with E-state index in [1.165, 1.54) is 19.3 Å². The van der Waals surface area contributed by atoms with Crippen molar-refractivity contribution in [2.75, 3.05) is 0 Å². The van der Waals surface area contributed by atoms with Crippen LogP contribution in [0.15, 0.2) is 12.2 Å². The van der Waals surface area contributed by atoms with Gasteiger partial charge in [-0.05, 0) is 43.9 Å². The number of hydrogen-bond donors (Lipinski definition) is 3. The van der Waals surface area contributed by atoms with Gasteiger partial charge >= 0.3 is 5.97 Å². The zero-order valence-corrected chi connectivity index (χ0v) is 19.3. The van der Waals surface area contributed by atoms with E-state index < -0.39 is 23.6 Å². The summed E-state index contributed by atoms with van der Waals surface area (Å²) >= 11 is 0. The highest BCUT2D eigenvalue weighted by Crippen LogP contribution is 2.53. The Morgan fingerprint density at radius 1 is 1.00 bits per heavy atom. The van der Waals surface area contributed by atoms with E-state index in [1.807, 2.05) is 12.2 Å². The Morgan fingerprint density at radius 3 is 2.33 bits per heavy atom. The minimum Gasteiger partial charge on any atom is -0.481 e. The number of ketones is 1. The number of carboxylic acids is 1. The first-order valence-corrected chi connectivity index (χ1v) is 12.0. The SMILES string of the molecule is CCCCCCCC(=O)CCC1C(O)CC(O)C1(CC=CCCCC(=O)O)C(C)C. The number of rotatable bonds is 16. The number of aliphatic hydroxyl groups excluding tert-OH is 2. The maximum atomic E-state index is 12.4. The maximum absolute atomic E-state index is 12.4. The fraction of sp³-hybridized carbons (Fsp3) is 0.840. The molecule has 5 nitrogen and oxygen atoms in total. The van der Waals surface area contributed by atoms with E-state index >= 15 is 0 Å². The average Bonchev–Trinajstić information content (AvgIpc) is 2.92. The standard InChI is InChI=1S/C25H44O5/c1-4-5-6-7-10-13-20(26)15-16-21-22(27)18-23(28)25(21,19(2)3)17-12-9-8-11-14-24(29)30/h9,12,19,21-23,27-28H,4-8,10-11,13-18H2,1-3H3,(H,29,30). The normalized spacial score (nSPS) is 26.7. The number of aliphatic carboxylic acids is 1. The van der Waals surface area contributed by atoms with Crippen LogP contribution in [0, 0.1) is 17.3 Å². The average molecular weight is 425 g/mol. The molecule has 0 bridgehead atoms. The molecule has 0 spiro atoms. The van der Waals surface area contributed by atoms with Crippen LogP contribution in [-0.4, -0.2) is 39.3 Å². The Bertz CT molecular complexity index is 542. The number of Topliss-reactive ketones (excluding diaryl/α,β-unsaturated/α-hetero) is 1. The Balaban J connectivity index is 2.65. The van der Waals surface area contributed by atoms with E-state index in [9.17, 15) is 19.8 Å². The molecule has 1 aliphatic carbocycles. The van der Waals surface area contributed by atoms with E-state index in [0.29, 0.717) is 44.9 Å². The van der Waals surface area contributed by atoms with E-state index in [4.69, 9.17) is 5.11 Å². The molecule has 1 fully saturated rings. The van der Waals surface area contributed by atoms with Crippen LogP contribution >= 0.6 is 0 Å². The second kappa shape index (κ2) is 14.0. The van der Waals surface area contributed by atoms with Crippen molar-refractivity contribution >= 4 is 11.8 Å². The lowest BCUT2D eigenvalue weighted by molar-refractivity contribution is -0.137. The fourth-order valence-electron chi connectivity index (χ4n) is 5.16. The second-order valence-electron chi connectivity index (χ2n) is 9.40. The molecule has 0 aromatic carbocycles. The summed E-state index contributed by atoms with van der Waals surface area (Å²) in [5.74, 6) is -0.448. The van der Waals surface area contributed by atoms with Crippen molar-refractivity contribution in [3.8, 4) is 0 Å². The van der Waals surface area contributed by atoms with Crippen LogP contribution in [0.25, 0.3) is 0 Å². The van der Waals surface area contributed by atoms with E-state index in [1.54, 1.807) is 0 Å². The molecule has 3 N–H and O–H groups in total. The highest BCUT2D eigenvalue weighted by molar-refractivity contribution is 5.78. The molecule has 174 valence electrons. The van der Waals surface area contributed by atoms with Gasteiger partial charge in [-0.3, -0.25) is 9.59 Å². The topological polar surface area (TPSA) is 94.8 Å². The summed E-state index contributed by atoms with van der Waals surface area (Å²) in [4.78, 5) is 23.0. The van der Waals surface area contributed by atoms with Crippen LogP contribution in [0.5, 0.6) is 0 Å². The smallest absolute Gasteiger partial charge is 0.303 e. The Hall–Kier alpha value is -1.20. The van der Waals surface area contributed by atoms with Gasteiger partial charge in [0.05, 0.1) is 12.2 Å². The van der Waals surface area contributed by atoms with E-state index in [-0.39, 0.29) is 24.0 Å². The number of carboxylic acid groups (broad SMARTS) is 1. The molecule has 0 saturated heterocycles. The zero-order chi connectivity index (χ0) is 22.6. The molecule has 1 rings (SSSR count). The van der Waals surface area contributed by atoms with Crippen molar-refractivity contribution in [2.24, 2.45) is 17.3 Å². The predicted octanol–water partition coefficient (Wildman–Crippen LogP) is 5.28. The molecule has 4 atom stereocenters. The Labute approximate surface area is 183 Å². The number of aliphatic hydroxyl groups is 2. The minimum absolute atomic E-state index is 0.0970. The maximum Gasteiger partial charge on any atom is 0.303 e. The van der Waals surface area contributed by atoms with Gasteiger partial charge in [-0.2, -0.15) is 0 Å². The Morgan fingerprint density at radius 2 is 1.70 bits per heavy atom. The van der Waals surface area contributed by atoms with E-state index in [0.717, 1.165) is 12.8 Å². The molecule has 5 heteroatoms. The highest BCUT2D eigenvalue weighted by atomic mass is 16.4. The summed E-state index contributed by atoms with van der Waals surface area (Å²) in [7, 11) is 0. The molecule has 0 aromatic rings. The van der Waals surface area contributed by atoms with Crippen molar-refractivity contribution in [3.05, 3.63) is 12.2 Å². The Kier molecular flexibility index (Phi) is 12.5. The molecule has 0 aromatic heterocycles. The number of carbonyl (C=O) groups is 2. The monoisotopic (exact) mass is 424 g/mol. The third kappa shape index (κ3) is 8.14. The minimum atomic E-state index is -0.786. The summed E-state index contributed by atoms with van der Waals surface area (Å²) in [6.45, 7) is 6.35. The first-order chi connectivity index (χ1) is 14.3. The fourth-order valence-corrected chi connectivity index (χ4v) is 5.16. The number of carbonyl (C=O) groups excluding carboxylic acids is 1. The third-order valence-electron chi connectivity index (χ3n) is 7.01. The molecule has 4 unspecified atom stereocenters. The van der Waals surface area contributed by atoms with Gasteiger partial charge in [0.25, 0.3) is 0 Å². The van der Waals surface area contributed by atoms with Crippen molar-refractivity contribution in [1.82, 2.24) is 0 Å². The van der Waals surface area contributed by atoms with Crippen LogP contribution in [0.1, 0.15) is 104 Å². The van der Waals surface area contributed by atoms with Crippen molar-refractivity contribution < 1.29 is 24.9 Å². The van der Waals surface area contributed by atoms with Gasteiger partial charge in [-0.25, -0.2) is 0 Å². The molecular formula is C25H44O5. The van der Waals surface area contributed by atoms with Crippen molar-refractivity contribution in [3.63, 3.8) is 0 Å². The van der Waals surface area contributed by atoms with Gasteiger partial charge in [0.15, 0.2) is 0 Å². The van der Waals surface area contributed by atoms with Gasteiger partial charge in [0.1, 0.15) is 5.78 Å². The summed E-state index contributed by atoms with van der Waals surface area (Å²) in [5.41, 5.74) is -0.440. The van der Waals surface area contributed by atoms with Gasteiger partial charge < -0.3 is 15.3 Å². The van der Waals surface area contributed by atoms with Crippen LogP contribution in [0.3, 0.4) is 0 Å². The van der Waals surface area contributed by atoms with Crippen LogP contribution in [-0.2, 0) is 9.59 Å². The molecule has 0 aliphatic heterocycles. The number of unbranched alkanes of at least 4 members (excludes halogenated alkanes) is 5. The third-order valence-corrected chi connectivity index (χ3v) is 7.01. The van der Waals surface area contributed by atoms with E-state index in [2.05, 4.69) is 20.8 Å². The molecule has 30 heavy (non-hydrogen) atoms. The lowest BCUT2D eigenvalue weighted by Crippen LogP contribution is -2.41. The molecule has 0 heterocycles. The van der Waals surface area contributed by atoms with Gasteiger partial charge in [0.2, 0.25) is 0 Å². The van der Waals surface area contributed by atoms with Gasteiger partial charge in [-0.15, -0.1) is 0 Å². The van der Waals surface area contributed by atoms with Crippen LogP contribution < -0.4 is 0 Å². The van der Waals surface area contributed by atoms with Gasteiger partial charge in [0, 0.05) is 31.1 Å². The second-order valence-corrected chi connectivity index (χ2v) is 9.40. The zero-order valence-electron chi connectivity index (χ0n) is 19.3. The molecule has 1 saturated carbocycles. The highest BCUT2D eigenvalue weighted by Gasteiger charge is 2.54. The lowest BCUT2D eigenvalue weighted by Gasteiger charge is -2.42. The number of hydrogen-bond acceptors (Lipinski definition) is 4. The number of allylic oxidation sites excluding steroid dienone is 2. The molecule has 0 radical (unpaired) electrons. The summed E-state index contributed by atoms with van der Waals surface area (Å²) in [5, 5.41) is 30.3. The molecule has 1 aliphatic rings. The van der Waals surface area contributed by atoms with Crippen LogP contribution in [0.2, 0.25) is 0 Å². The summed E-state index contributed by atoms with van der Waals surface area (Å²) in [6.07, 6.45) is 12.7. The van der Waals surface area contributed by atoms with Crippen molar-refractivity contribution in [2.45, 2.75) is 116 Å².